The average Bonchev–Trinajstić information content (AvgIpc) is 3.03. The molecule has 1 heterocycles. The molecule has 4 aromatic rings. The molecule has 0 fully saturated rings. The van der Waals surface area contributed by atoms with Gasteiger partial charge in [0, 0.05) is 16.8 Å². The Morgan fingerprint density at radius 2 is 1.60 bits per heavy atom. The summed E-state index contributed by atoms with van der Waals surface area (Å²) in [6, 6.07) is 14.7. The van der Waals surface area contributed by atoms with Crippen LogP contribution in [-0.4, -0.2) is 21.9 Å². The summed E-state index contributed by atoms with van der Waals surface area (Å²) in [6.45, 7) is 0. The summed E-state index contributed by atoms with van der Waals surface area (Å²) in [6.07, 6.45) is -5.05. The zero-order chi connectivity index (χ0) is 21.5. The van der Waals surface area contributed by atoms with Crippen LogP contribution in [0.5, 0.6) is 11.5 Å². The van der Waals surface area contributed by atoms with Crippen molar-refractivity contribution in [3.63, 3.8) is 0 Å². The summed E-state index contributed by atoms with van der Waals surface area (Å²) in [7, 11) is -3.10. The number of rotatable bonds is 5. The number of hydrogen-bond acceptors (Lipinski definition) is 5. The minimum absolute atomic E-state index is 0.00543. The van der Waals surface area contributed by atoms with Crippen LogP contribution in [0.3, 0.4) is 0 Å². The Morgan fingerprint density at radius 1 is 0.900 bits per heavy atom. The van der Waals surface area contributed by atoms with Gasteiger partial charge in [0.2, 0.25) is 0 Å². The van der Waals surface area contributed by atoms with Gasteiger partial charge in [-0.1, -0.05) is 30.3 Å². The predicted molar refractivity (Wildman–Crippen MR) is 104 cm³/mol. The third-order valence-electron chi connectivity index (χ3n) is 4.31. The van der Waals surface area contributed by atoms with Crippen molar-refractivity contribution in [2.45, 2.75) is 11.3 Å². The molecule has 0 saturated heterocycles. The van der Waals surface area contributed by atoms with Gasteiger partial charge in [-0.25, -0.2) is 8.42 Å². The van der Waals surface area contributed by atoms with Crippen LogP contribution in [0.15, 0.2) is 70.0 Å². The van der Waals surface area contributed by atoms with Crippen molar-refractivity contribution in [2.75, 3.05) is 11.8 Å². The molecule has 4 rings (SSSR count). The van der Waals surface area contributed by atoms with E-state index in [1.807, 2.05) is 12.1 Å². The first-order chi connectivity index (χ1) is 14.2. The summed E-state index contributed by atoms with van der Waals surface area (Å²) in [4.78, 5) is -0.672. The Bertz CT molecular complexity index is 1350. The Morgan fingerprint density at radius 3 is 2.33 bits per heavy atom. The molecule has 10 heteroatoms. The second-order valence-electron chi connectivity index (χ2n) is 6.25. The van der Waals surface area contributed by atoms with Crippen LogP contribution in [0.1, 0.15) is 0 Å². The van der Waals surface area contributed by atoms with Gasteiger partial charge in [0.25, 0.3) is 10.0 Å². The highest BCUT2D eigenvalue weighted by atomic mass is 32.2. The number of benzene rings is 3. The summed E-state index contributed by atoms with van der Waals surface area (Å²) in [5.41, 5.74) is 0.985. The maximum absolute atomic E-state index is 12.8. The van der Waals surface area contributed by atoms with E-state index in [9.17, 15) is 21.6 Å². The van der Waals surface area contributed by atoms with Gasteiger partial charge in [0.15, 0.2) is 0 Å². The largest absolute Gasteiger partial charge is 0.573 e. The molecule has 30 heavy (non-hydrogen) atoms. The van der Waals surface area contributed by atoms with Crippen LogP contribution in [0.2, 0.25) is 0 Å². The van der Waals surface area contributed by atoms with Crippen LogP contribution >= 0.6 is 0 Å². The van der Waals surface area contributed by atoms with E-state index in [2.05, 4.69) is 9.46 Å². The Balaban J connectivity index is 1.79. The van der Waals surface area contributed by atoms with Crippen molar-refractivity contribution in [2.24, 2.45) is 0 Å². The SMILES string of the molecule is COc1cc2c(cc1NS(=O)(=O)c1ccccc1OC(F)(F)F)oc1ccccc12. The van der Waals surface area contributed by atoms with Crippen LogP contribution in [0, 0.1) is 0 Å². The fourth-order valence-corrected chi connectivity index (χ4v) is 4.27. The van der Waals surface area contributed by atoms with E-state index in [1.165, 1.54) is 25.3 Å². The van der Waals surface area contributed by atoms with Gasteiger partial charge in [-0.05, 0) is 24.3 Å². The van der Waals surface area contributed by atoms with Crippen molar-refractivity contribution in [1.82, 2.24) is 0 Å². The van der Waals surface area contributed by atoms with Gasteiger partial charge in [0.05, 0.1) is 12.8 Å². The summed E-state index contributed by atoms with van der Waals surface area (Å²) < 4.78 is 80.8. The number of anilines is 1. The number of hydrogen-bond donors (Lipinski definition) is 1. The zero-order valence-electron chi connectivity index (χ0n) is 15.4. The highest BCUT2D eigenvalue weighted by molar-refractivity contribution is 7.92. The average molecular weight is 437 g/mol. The Labute approximate surface area is 168 Å². The monoisotopic (exact) mass is 437 g/mol. The first-order valence-corrected chi connectivity index (χ1v) is 10.0. The van der Waals surface area contributed by atoms with Crippen LogP contribution in [-0.2, 0) is 10.0 Å². The number of methoxy groups -OCH3 is 1. The summed E-state index contributed by atoms with van der Waals surface area (Å²) in [5, 5.41) is 1.51. The van der Waals surface area contributed by atoms with E-state index in [0.29, 0.717) is 16.6 Å². The fraction of sp³-hybridized carbons (Fsp3) is 0.100. The standard InChI is InChI=1S/C20H14F3NO5S/c1-27-18-10-13-12-6-2-3-7-15(12)28-17(13)11-14(18)24-30(25,26)19-9-5-4-8-16(19)29-20(21,22)23/h2-11,24H,1H3. The molecule has 0 radical (unpaired) electrons. The Kier molecular flexibility index (Phi) is 4.73. The molecule has 0 aliphatic heterocycles. The minimum atomic E-state index is -5.05. The normalized spacial score (nSPS) is 12.3. The predicted octanol–water partition coefficient (Wildman–Crippen LogP) is 5.29. The molecule has 0 atom stereocenters. The fourth-order valence-electron chi connectivity index (χ4n) is 3.08. The van der Waals surface area contributed by atoms with Gasteiger partial charge in [-0.15, -0.1) is 13.2 Å². The van der Waals surface area contributed by atoms with Crippen LogP contribution < -0.4 is 14.2 Å². The van der Waals surface area contributed by atoms with E-state index < -0.39 is 27.0 Å². The highest BCUT2D eigenvalue weighted by Gasteiger charge is 2.34. The number of para-hydroxylation sites is 2. The molecule has 1 aromatic heterocycles. The molecule has 0 aliphatic rings. The molecule has 0 saturated carbocycles. The van der Waals surface area contributed by atoms with E-state index in [4.69, 9.17) is 9.15 Å². The zero-order valence-corrected chi connectivity index (χ0v) is 16.2. The Hall–Kier alpha value is -3.40. The number of alkyl halides is 3. The number of furan rings is 1. The van der Waals surface area contributed by atoms with Gasteiger partial charge >= 0.3 is 6.36 Å². The lowest BCUT2D eigenvalue weighted by Gasteiger charge is -2.15. The van der Waals surface area contributed by atoms with Crippen molar-refractivity contribution in [3.05, 3.63) is 60.7 Å². The number of fused-ring (bicyclic) bond motifs is 3. The molecule has 0 amide bonds. The molecule has 0 spiro atoms. The van der Waals surface area contributed by atoms with Crippen molar-refractivity contribution < 1.29 is 35.5 Å². The van der Waals surface area contributed by atoms with Crippen molar-refractivity contribution >= 4 is 37.6 Å². The van der Waals surface area contributed by atoms with Crippen molar-refractivity contribution in [3.8, 4) is 11.5 Å². The van der Waals surface area contributed by atoms with E-state index in [-0.39, 0.29) is 11.4 Å². The van der Waals surface area contributed by atoms with Gasteiger partial charge in [-0.3, -0.25) is 4.72 Å². The quantitative estimate of drug-likeness (QED) is 0.459. The van der Waals surface area contributed by atoms with Gasteiger partial charge < -0.3 is 13.9 Å². The number of ether oxygens (including phenoxy) is 2. The van der Waals surface area contributed by atoms with Crippen LogP contribution in [0.4, 0.5) is 18.9 Å². The maximum atomic E-state index is 12.8. The molecule has 3 aromatic carbocycles. The van der Waals surface area contributed by atoms with E-state index in [1.54, 1.807) is 18.2 Å². The first kappa shape index (κ1) is 19.9. The number of sulfonamides is 1. The molecule has 6 nitrogen and oxygen atoms in total. The lowest BCUT2D eigenvalue weighted by atomic mass is 10.1. The molecule has 156 valence electrons. The summed E-state index contributed by atoms with van der Waals surface area (Å²) in [5.74, 6) is -0.673. The van der Waals surface area contributed by atoms with Crippen LogP contribution in [0.25, 0.3) is 21.9 Å². The molecule has 0 bridgehead atoms. The van der Waals surface area contributed by atoms with Crippen molar-refractivity contribution in [1.29, 1.82) is 0 Å². The highest BCUT2D eigenvalue weighted by Crippen LogP contribution is 2.38. The molecular formula is C20H14F3NO5S. The third-order valence-corrected chi connectivity index (χ3v) is 5.71. The number of halogens is 3. The lowest BCUT2D eigenvalue weighted by Crippen LogP contribution is -2.21. The van der Waals surface area contributed by atoms with Gasteiger partial charge in [0.1, 0.15) is 27.6 Å². The van der Waals surface area contributed by atoms with E-state index in [0.717, 1.165) is 17.5 Å². The second-order valence-corrected chi connectivity index (χ2v) is 7.90. The summed E-state index contributed by atoms with van der Waals surface area (Å²) >= 11 is 0. The molecule has 0 aliphatic carbocycles. The smallest absolute Gasteiger partial charge is 0.495 e. The number of nitrogens with one attached hydrogen (secondary N) is 1. The lowest BCUT2D eigenvalue weighted by molar-refractivity contribution is -0.275. The third kappa shape index (κ3) is 3.73. The molecule has 0 unspecified atom stereocenters. The van der Waals surface area contributed by atoms with E-state index >= 15 is 0 Å². The molecule has 1 N–H and O–H groups in total. The maximum Gasteiger partial charge on any atom is 0.573 e. The first-order valence-electron chi connectivity index (χ1n) is 8.55. The van der Waals surface area contributed by atoms with Gasteiger partial charge in [-0.2, -0.15) is 0 Å². The second kappa shape index (κ2) is 7.13. The topological polar surface area (TPSA) is 77.8 Å². The minimum Gasteiger partial charge on any atom is -0.495 e. The molecular weight excluding hydrogens is 423 g/mol.